The topological polar surface area (TPSA) is 51.2 Å². The van der Waals surface area contributed by atoms with E-state index in [4.69, 9.17) is 10.7 Å². The second-order valence-corrected chi connectivity index (χ2v) is 5.31. The van der Waals surface area contributed by atoms with E-state index in [0.29, 0.717) is 12.0 Å². The van der Waals surface area contributed by atoms with Crippen molar-refractivity contribution in [2.75, 3.05) is 0 Å². The fourth-order valence-corrected chi connectivity index (χ4v) is 1.82. The first-order chi connectivity index (χ1) is 6.45. The molecular formula is C9H9ClO3S. The second-order valence-electron chi connectivity index (χ2n) is 2.74. The molecule has 0 saturated carbocycles. The van der Waals surface area contributed by atoms with E-state index in [1.807, 2.05) is 0 Å². The fraction of sp³-hybridized carbons (Fsp3) is 0.222. The van der Waals surface area contributed by atoms with E-state index < -0.39 is 9.05 Å². The van der Waals surface area contributed by atoms with Crippen LogP contribution < -0.4 is 0 Å². The standard InChI is InChI=1S/C9H9ClO3S/c1-2-9(11)7-4-3-5-8(6-7)14(10,12)13/h3-6H,2H2,1H3. The van der Waals surface area contributed by atoms with Gasteiger partial charge in [-0.15, -0.1) is 0 Å². The van der Waals surface area contributed by atoms with Crippen molar-refractivity contribution in [3.05, 3.63) is 29.8 Å². The van der Waals surface area contributed by atoms with Gasteiger partial charge in [0.15, 0.2) is 5.78 Å². The lowest BCUT2D eigenvalue weighted by Crippen LogP contribution is -1.98. The molecule has 5 heteroatoms. The van der Waals surface area contributed by atoms with E-state index in [0.717, 1.165) is 0 Å². The van der Waals surface area contributed by atoms with Crippen LogP contribution in [0.25, 0.3) is 0 Å². The maximum absolute atomic E-state index is 11.3. The smallest absolute Gasteiger partial charge is 0.261 e. The summed E-state index contributed by atoms with van der Waals surface area (Å²) in [5, 5.41) is 0. The number of benzene rings is 1. The molecule has 14 heavy (non-hydrogen) atoms. The Kier molecular flexibility index (Phi) is 3.29. The summed E-state index contributed by atoms with van der Waals surface area (Å²) in [6.45, 7) is 1.71. The average molecular weight is 233 g/mol. The van der Waals surface area contributed by atoms with Crippen LogP contribution >= 0.6 is 10.7 Å². The van der Waals surface area contributed by atoms with Crippen LogP contribution in [-0.4, -0.2) is 14.2 Å². The molecule has 0 radical (unpaired) electrons. The molecule has 0 bridgehead atoms. The van der Waals surface area contributed by atoms with Crippen LogP contribution in [0.1, 0.15) is 23.7 Å². The van der Waals surface area contributed by atoms with E-state index in [1.54, 1.807) is 13.0 Å². The maximum atomic E-state index is 11.3. The highest BCUT2D eigenvalue weighted by Gasteiger charge is 2.12. The van der Waals surface area contributed by atoms with Crippen molar-refractivity contribution >= 4 is 25.5 Å². The van der Waals surface area contributed by atoms with E-state index in [2.05, 4.69) is 0 Å². The molecule has 1 aromatic rings. The molecular weight excluding hydrogens is 224 g/mol. The lowest BCUT2D eigenvalue weighted by Gasteiger charge is -1.99. The monoisotopic (exact) mass is 232 g/mol. The average Bonchev–Trinajstić information content (AvgIpc) is 2.15. The first-order valence-electron chi connectivity index (χ1n) is 4.03. The maximum Gasteiger partial charge on any atom is 0.261 e. The molecule has 0 spiro atoms. The Balaban J connectivity index is 3.21. The summed E-state index contributed by atoms with van der Waals surface area (Å²) < 4.78 is 21.9. The minimum atomic E-state index is -3.75. The highest BCUT2D eigenvalue weighted by atomic mass is 35.7. The lowest BCUT2D eigenvalue weighted by molar-refractivity contribution is 0.0988. The number of hydrogen-bond acceptors (Lipinski definition) is 3. The van der Waals surface area contributed by atoms with Crippen LogP contribution in [-0.2, 0) is 9.05 Å². The molecule has 0 fully saturated rings. The molecule has 0 unspecified atom stereocenters. The molecule has 3 nitrogen and oxygen atoms in total. The van der Waals surface area contributed by atoms with Gasteiger partial charge in [0, 0.05) is 22.7 Å². The van der Waals surface area contributed by atoms with Crippen molar-refractivity contribution in [3.63, 3.8) is 0 Å². The predicted octanol–water partition coefficient (Wildman–Crippen LogP) is 2.21. The van der Waals surface area contributed by atoms with Gasteiger partial charge in [-0.3, -0.25) is 4.79 Å². The van der Waals surface area contributed by atoms with Gasteiger partial charge in [-0.25, -0.2) is 8.42 Å². The van der Waals surface area contributed by atoms with Crippen LogP contribution in [0.15, 0.2) is 29.2 Å². The van der Waals surface area contributed by atoms with Crippen LogP contribution in [0.3, 0.4) is 0 Å². The Hall–Kier alpha value is -0.870. The lowest BCUT2D eigenvalue weighted by atomic mass is 10.1. The molecule has 0 atom stereocenters. The third kappa shape index (κ3) is 2.56. The Morgan fingerprint density at radius 2 is 2.07 bits per heavy atom. The zero-order valence-electron chi connectivity index (χ0n) is 7.53. The Morgan fingerprint density at radius 1 is 1.43 bits per heavy atom. The number of Topliss-reactive ketones (excluding diaryl/α,β-unsaturated/α-hetero) is 1. The zero-order valence-corrected chi connectivity index (χ0v) is 9.10. The third-order valence-corrected chi connectivity index (χ3v) is 3.11. The van der Waals surface area contributed by atoms with Crippen molar-refractivity contribution < 1.29 is 13.2 Å². The summed E-state index contributed by atoms with van der Waals surface area (Å²) in [6, 6.07) is 5.71. The summed E-state index contributed by atoms with van der Waals surface area (Å²) in [4.78, 5) is 11.2. The Bertz CT molecular complexity index is 451. The minimum absolute atomic E-state index is 0.0431. The van der Waals surface area contributed by atoms with Crippen LogP contribution in [0.5, 0.6) is 0 Å². The first kappa shape index (κ1) is 11.2. The number of ketones is 1. The highest BCUT2D eigenvalue weighted by molar-refractivity contribution is 8.13. The van der Waals surface area contributed by atoms with Crippen molar-refractivity contribution in [2.24, 2.45) is 0 Å². The summed E-state index contributed by atoms with van der Waals surface area (Å²) in [6.07, 6.45) is 0.339. The molecule has 76 valence electrons. The van der Waals surface area contributed by atoms with Gasteiger partial charge in [0.2, 0.25) is 0 Å². The second kappa shape index (κ2) is 4.11. The van der Waals surface area contributed by atoms with Gasteiger partial charge in [-0.05, 0) is 12.1 Å². The summed E-state index contributed by atoms with van der Waals surface area (Å²) >= 11 is 0. The predicted molar refractivity (Wildman–Crippen MR) is 54.1 cm³/mol. The molecule has 0 saturated heterocycles. The molecule has 0 aromatic heterocycles. The van der Waals surface area contributed by atoms with E-state index in [-0.39, 0.29) is 10.7 Å². The molecule has 0 aliphatic rings. The molecule has 1 aromatic carbocycles. The normalized spacial score (nSPS) is 11.3. The molecule has 0 aliphatic heterocycles. The van der Waals surface area contributed by atoms with Gasteiger partial charge in [0.25, 0.3) is 9.05 Å². The van der Waals surface area contributed by atoms with Gasteiger partial charge >= 0.3 is 0 Å². The van der Waals surface area contributed by atoms with Crippen molar-refractivity contribution in [1.29, 1.82) is 0 Å². The quantitative estimate of drug-likeness (QED) is 0.593. The molecule has 0 heterocycles. The molecule has 0 N–H and O–H groups in total. The zero-order chi connectivity index (χ0) is 10.8. The van der Waals surface area contributed by atoms with Gasteiger partial charge < -0.3 is 0 Å². The summed E-state index contributed by atoms with van der Waals surface area (Å²) in [5.74, 6) is -0.104. The number of carbonyl (C=O) groups excluding carboxylic acids is 1. The Labute approximate surface area is 87.1 Å². The summed E-state index contributed by atoms with van der Waals surface area (Å²) in [5.41, 5.74) is 0.370. The van der Waals surface area contributed by atoms with Gasteiger partial charge in [0.1, 0.15) is 0 Å². The summed E-state index contributed by atoms with van der Waals surface area (Å²) in [7, 11) is 1.39. The van der Waals surface area contributed by atoms with Crippen molar-refractivity contribution in [2.45, 2.75) is 18.2 Å². The van der Waals surface area contributed by atoms with Crippen molar-refractivity contribution in [1.82, 2.24) is 0 Å². The van der Waals surface area contributed by atoms with E-state index >= 15 is 0 Å². The van der Waals surface area contributed by atoms with Gasteiger partial charge in [0.05, 0.1) is 4.90 Å². The van der Waals surface area contributed by atoms with Crippen LogP contribution in [0.4, 0.5) is 0 Å². The third-order valence-electron chi connectivity index (χ3n) is 1.76. The highest BCUT2D eigenvalue weighted by Crippen LogP contribution is 2.16. The van der Waals surface area contributed by atoms with Crippen molar-refractivity contribution in [3.8, 4) is 0 Å². The Morgan fingerprint density at radius 3 is 2.57 bits per heavy atom. The van der Waals surface area contributed by atoms with Crippen LogP contribution in [0.2, 0.25) is 0 Å². The molecule has 0 amide bonds. The van der Waals surface area contributed by atoms with Crippen LogP contribution in [0, 0.1) is 0 Å². The number of hydrogen-bond donors (Lipinski definition) is 0. The first-order valence-corrected chi connectivity index (χ1v) is 6.34. The number of halogens is 1. The minimum Gasteiger partial charge on any atom is -0.294 e. The molecule has 1 rings (SSSR count). The van der Waals surface area contributed by atoms with Gasteiger partial charge in [-0.2, -0.15) is 0 Å². The molecule has 0 aliphatic carbocycles. The van der Waals surface area contributed by atoms with Gasteiger partial charge in [-0.1, -0.05) is 19.1 Å². The van der Waals surface area contributed by atoms with E-state index in [9.17, 15) is 13.2 Å². The number of carbonyl (C=O) groups is 1. The fourth-order valence-electron chi connectivity index (χ4n) is 1.03. The number of rotatable bonds is 3. The SMILES string of the molecule is CCC(=O)c1cccc(S(=O)(=O)Cl)c1. The largest absolute Gasteiger partial charge is 0.294 e. The van der Waals surface area contributed by atoms with E-state index in [1.165, 1.54) is 18.2 Å².